The Bertz CT molecular complexity index is 404. The highest BCUT2D eigenvalue weighted by atomic mass is 15.2. The molecule has 1 aromatic heterocycles. The molecule has 0 saturated carbocycles. The maximum absolute atomic E-state index is 4.54. The van der Waals surface area contributed by atoms with Gasteiger partial charge in [-0.2, -0.15) is 0 Å². The average molecular weight is 232 g/mol. The molecule has 92 valence electrons. The van der Waals surface area contributed by atoms with Crippen molar-refractivity contribution in [1.29, 1.82) is 0 Å². The number of anilines is 1. The van der Waals surface area contributed by atoms with Crippen LogP contribution in [-0.2, 0) is 12.8 Å². The van der Waals surface area contributed by atoms with Crippen LogP contribution in [0, 0.1) is 0 Å². The van der Waals surface area contributed by atoms with Crippen LogP contribution in [0.1, 0.15) is 24.1 Å². The molecule has 0 atom stereocenters. The predicted octanol–water partition coefficient (Wildman–Crippen LogP) is 1.11. The van der Waals surface area contributed by atoms with Crippen LogP contribution >= 0.6 is 0 Å². The molecule has 4 nitrogen and oxygen atoms in total. The molecule has 2 aliphatic rings. The van der Waals surface area contributed by atoms with Crippen LogP contribution in [0.5, 0.6) is 0 Å². The third-order valence-corrected chi connectivity index (χ3v) is 3.87. The molecule has 1 aliphatic carbocycles. The molecule has 0 spiro atoms. The van der Waals surface area contributed by atoms with Gasteiger partial charge in [-0.15, -0.1) is 0 Å². The number of hydrogen-bond donors (Lipinski definition) is 0. The van der Waals surface area contributed by atoms with E-state index in [1.54, 1.807) is 6.33 Å². The maximum atomic E-state index is 4.54. The number of aromatic nitrogens is 2. The number of hydrogen-bond acceptors (Lipinski definition) is 4. The van der Waals surface area contributed by atoms with Crippen molar-refractivity contribution in [1.82, 2.24) is 14.9 Å². The van der Waals surface area contributed by atoms with Gasteiger partial charge in [0.25, 0.3) is 0 Å². The molecule has 0 N–H and O–H groups in total. The van der Waals surface area contributed by atoms with Gasteiger partial charge in [-0.25, -0.2) is 9.97 Å². The number of fused-ring (bicyclic) bond motifs is 1. The zero-order valence-corrected chi connectivity index (χ0v) is 10.5. The molecule has 0 amide bonds. The average Bonchev–Trinajstić information content (AvgIpc) is 2.72. The van der Waals surface area contributed by atoms with E-state index in [9.17, 15) is 0 Å². The van der Waals surface area contributed by atoms with E-state index in [1.165, 1.54) is 36.5 Å². The standard InChI is InChI=1S/C13H20N4/c1-16-6-3-7-17(9-8-16)13-11-4-2-5-12(11)14-10-15-13/h10H,2-9H2,1H3. The summed E-state index contributed by atoms with van der Waals surface area (Å²) in [6, 6.07) is 0. The van der Waals surface area contributed by atoms with E-state index >= 15 is 0 Å². The molecule has 2 heterocycles. The predicted molar refractivity (Wildman–Crippen MR) is 68.4 cm³/mol. The normalized spacial score (nSPS) is 21.4. The van der Waals surface area contributed by atoms with Crippen molar-refractivity contribution in [2.45, 2.75) is 25.7 Å². The zero-order chi connectivity index (χ0) is 11.7. The lowest BCUT2D eigenvalue weighted by molar-refractivity contribution is 0.360. The summed E-state index contributed by atoms with van der Waals surface area (Å²) in [5, 5.41) is 0. The van der Waals surface area contributed by atoms with Crippen LogP contribution in [-0.4, -0.2) is 48.1 Å². The van der Waals surface area contributed by atoms with Crippen LogP contribution in [0.25, 0.3) is 0 Å². The molecular weight excluding hydrogens is 212 g/mol. The van der Waals surface area contributed by atoms with Gasteiger partial charge in [0.2, 0.25) is 0 Å². The first kappa shape index (κ1) is 11.0. The summed E-state index contributed by atoms with van der Waals surface area (Å²) in [7, 11) is 2.20. The van der Waals surface area contributed by atoms with E-state index in [1.807, 2.05) is 0 Å². The first-order valence-electron chi connectivity index (χ1n) is 6.61. The summed E-state index contributed by atoms with van der Waals surface area (Å²) in [4.78, 5) is 13.8. The van der Waals surface area contributed by atoms with Gasteiger partial charge < -0.3 is 9.80 Å². The lowest BCUT2D eigenvalue weighted by atomic mass is 10.2. The monoisotopic (exact) mass is 232 g/mol. The number of aryl methyl sites for hydroxylation is 1. The molecule has 1 fully saturated rings. The largest absolute Gasteiger partial charge is 0.355 e. The lowest BCUT2D eigenvalue weighted by Crippen LogP contribution is -2.30. The van der Waals surface area contributed by atoms with E-state index in [-0.39, 0.29) is 0 Å². The molecule has 1 aliphatic heterocycles. The first-order chi connectivity index (χ1) is 8.34. The van der Waals surface area contributed by atoms with Crippen LogP contribution in [0.4, 0.5) is 5.82 Å². The van der Waals surface area contributed by atoms with Gasteiger partial charge in [0.1, 0.15) is 12.1 Å². The lowest BCUT2D eigenvalue weighted by Gasteiger charge is -2.23. The minimum Gasteiger partial charge on any atom is -0.355 e. The second-order valence-corrected chi connectivity index (χ2v) is 5.12. The number of nitrogens with zero attached hydrogens (tertiary/aromatic N) is 4. The highest BCUT2D eigenvalue weighted by Gasteiger charge is 2.22. The van der Waals surface area contributed by atoms with Gasteiger partial charge in [0.15, 0.2) is 0 Å². The third-order valence-electron chi connectivity index (χ3n) is 3.87. The fourth-order valence-corrected chi connectivity index (χ4v) is 2.87. The molecule has 3 rings (SSSR count). The quantitative estimate of drug-likeness (QED) is 0.726. The Kier molecular flexibility index (Phi) is 2.97. The summed E-state index contributed by atoms with van der Waals surface area (Å²) >= 11 is 0. The number of likely N-dealkylation sites (N-methyl/N-ethyl adjacent to an activating group) is 1. The molecule has 0 bridgehead atoms. The fraction of sp³-hybridized carbons (Fsp3) is 0.692. The van der Waals surface area contributed by atoms with E-state index in [2.05, 4.69) is 26.8 Å². The van der Waals surface area contributed by atoms with Crippen LogP contribution in [0.2, 0.25) is 0 Å². The van der Waals surface area contributed by atoms with Crippen molar-refractivity contribution in [2.75, 3.05) is 38.1 Å². The van der Waals surface area contributed by atoms with E-state index < -0.39 is 0 Å². The van der Waals surface area contributed by atoms with Gasteiger partial charge in [-0.05, 0) is 39.3 Å². The molecule has 0 unspecified atom stereocenters. The molecule has 1 saturated heterocycles. The molecule has 4 heteroatoms. The van der Waals surface area contributed by atoms with Crippen LogP contribution < -0.4 is 4.90 Å². The SMILES string of the molecule is CN1CCCN(c2ncnc3c2CCC3)CC1. The second kappa shape index (κ2) is 4.61. The molecule has 17 heavy (non-hydrogen) atoms. The van der Waals surface area contributed by atoms with Crippen LogP contribution in [0.15, 0.2) is 6.33 Å². The summed E-state index contributed by atoms with van der Waals surface area (Å²) < 4.78 is 0. The maximum Gasteiger partial charge on any atom is 0.135 e. The van der Waals surface area contributed by atoms with E-state index in [0.717, 1.165) is 32.5 Å². The third kappa shape index (κ3) is 2.14. The van der Waals surface area contributed by atoms with Crippen LogP contribution in [0.3, 0.4) is 0 Å². The van der Waals surface area contributed by atoms with Crippen molar-refractivity contribution >= 4 is 5.82 Å². The van der Waals surface area contributed by atoms with Gasteiger partial charge in [0, 0.05) is 30.9 Å². The van der Waals surface area contributed by atoms with E-state index in [0.29, 0.717) is 0 Å². The van der Waals surface area contributed by atoms with Crippen molar-refractivity contribution in [3.8, 4) is 0 Å². The van der Waals surface area contributed by atoms with Gasteiger partial charge in [0.05, 0.1) is 0 Å². The molecule has 0 aromatic carbocycles. The highest BCUT2D eigenvalue weighted by Crippen LogP contribution is 2.28. The Labute approximate surface area is 103 Å². The van der Waals surface area contributed by atoms with Gasteiger partial charge in [-0.1, -0.05) is 0 Å². The molecular formula is C13H20N4. The Morgan fingerprint density at radius 3 is 2.88 bits per heavy atom. The fourth-order valence-electron chi connectivity index (χ4n) is 2.87. The summed E-state index contributed by atoms with van der Waals surface area (Å²) in [6.45, 7) is 4.57. The minimum absolute atomic E-state index is 1.10. The molecule has 1 aromatic rings. The Morgan fingerprint density at radius 1 is 1.00 bits per heavy atom. The smallest absolute Gasteiger partial charge is 0.135 e. The summed E-state index contributed by atoms with van der Waals surface area (Å²) in [6.07, 6.45) is 6.52. The second-order valence-electron chi connectivity index (χ2n) is 5.12. The minimum atomic E-state index is 1.10. The van der Waals surface area contributed by atoms with E-state index in [4.69, 9.17) is 0 Å². The Morgan fingerprint density at radius 2 is 1.94 bits per heavy atom. The van der Waals surface area contributed by atoms with Crippen molar-refractivity contribution in [2.24, 2.45) is 0 Å². The van der Waals surface area contributed by atoms with Gasteiger partial charge in [-0.3, -0.25) is 0 Å². The topological polar surface area (TPSA) is 32.3 Å². The van der Waals surface area contributed by atoms with Crippen molar-refractivity contribution < 1.29 is 0 Å². The Hall–Kier alpha value is -1.16. The highest BCUT2D eigenvalue weighted by molar-refractivity contribution is 5.50. The summed E-state index contributed by atoms with van der Waals surface area (Å²) in [5.74, 6) is 1.21. The molecule has 0 radical (unpaired) electrons. The number of rotatable bonds is 1. The van der Waals surface area contributed by atoms with Gasteiger partial charge >= 0.3 is 0 Å². The zero-order valence-electron chi connectivity index (χ0n) is 10.5. The first-order valence-corrected chi connectivity index (χ1v) is 6.61. The Balaban J connectivity index is 1.86. The van der Waals surface area contributed by atoms with Crippen molar-refractivity contribution in [3.05, 3.63) is 17.6 Å². The van der Waals surface area contributed by atoms with Crippen molar-refractivity contribution in [3.63, 3.8) is 0 Å². The summed E-state index contributed by atoms with van der Waals surface area (Å²) in [5.41, 5.74) is 2.70.